The fourth-order valence-corrected chi connectivity index (χ4v) is 3.80. The Balaban J connectivity index is 2.14. The summed E-state index contributed by atoms with van der Waals surface area (Å²) in [7, 11) is 1.63. The number of H-pyrrole nitrogens is 1. The molecule has 138 valence electrons. The third-order valence-corrected chi connectivity index (χ3v) is 4.80. The first-order chi connectivity index (χ1) is 11.9. The van der Waals surface area contributed by atoms with Gasteiger partial charge in [0.15, 0.2) is 11.2 Å². The first-order valence-corrected chi connectivity index (χ1v) is 8.94. The topological polar surface area (TPSA) is 85.2 Å². The smallest absolute Gasteiger partial charge is 0.329 e. The Bertz CT molecular complexity index is 856. The molecule has 0 aromatic carbocycles. The van der Waals surface area contributed by atoms with Crippen LogP contribution in [-0.4, -0.2) is 45.4 Å². The van der Waals surface area contributed by atoms with Gasteiger partial charge in [0.25, 0.3) is 5.56 Å². The highest BCUT2D eigenvalue weighted by atomic mass is 16.5. The summed E-state index contributed by atoms with van der Waals surface area (Å²) in [5.41, 5.74) is 0.0131. The second-order valence-electron chi connectivity index (χ2n) is 7.10. The van der Waals surface area contributed by atoms with Crippen LogP contribution in [0.2, 0.25) is 0 Å². The molecule has 0 saturated carbocycles. The summed E-state index contributed by atoms with van der Waals surface area (Å²) in [5.74, 6) is 1.87. The van der Waals surface area contributed by atoms with Gasteiger partial charge in [0.1, 0.15) is 0 Å². The van der Waals surface area contributed by atoms with Crippen molar-refractivity contribution in [2.24, 2.45) is 18.9 Å². The molecule has 0 radical (unpaired) electrons. The quantitative estimate of drug-likeness (QED) is 0.812. The number of nitrogens with zero attached hydrogens (tertiary/aromatic N) is 4. The molecule has 2 atom stereocenters. The van der Waals surface area contributed by atoms with Crippen molar-refractivity contribution in [3.8, 4) is 0 Å². The summed E-state index contributed by atoms with van der Waals surface area (Å²) in [4.78, 5) is 33.7. The Morgan fingerprint density at radius 2 is 1.92 bits per heavy atom. The van der Waals surface area contributed by atoms with Gasteiger partial charge in [0.05, 0.1) is 6.61 Å². The molecule has 0 bridgehead atoms. The van der Waals surface area contributed by atoms with E-state index in [2.05, 4.69) is 28.7 Å². The van der Waals surface area contributed by atoms with Crippen LogP contribution >= 0.6 is 0 Å². The van der Waals surface area contributed by atoms with Gasteiger partial charge >= 0.3 is 5.69 Å². The van der Waals surface area contributed by atoms with E-state index in [-0.39, 0.29) is 0 Å². The van der Waals surface area contributed by atoms with Gasteiger partial charge in [-0.3, -0.25) is 14.3 Å². The lowest BCUT2D eigenvalue weighted by molar-refractivity contribution is 0.140. The molecule has 0 amide bonds. The van der Waals surface area contributed by atoms with Gasteiger partial charge in [-0.25, -0.2) is 4.79 Å². The molecule has 8 heteroatoms. The molecule has 1 N–H and O–H groups in total. The van der Waals surface area contributed by atoms with Crippen LogP contribution in [0.5, 0.6) is 0 Å². The number of aryl methyl sites for hydroxylation is 1. The molecule has 1 aliphatic rings. The normalized spacial score (nSPS) is 21.2. The highest BCUT2D eigenvalue weighted by Crippen LogP contribution is 2.27. The van der Waals surface area contributed by atoms with E-state index in [1.165, 1.54) is 11.0 Å². The van der Waals surface area contributed by atoms with Crippen LogP contribution in [0.4, 0.5) is 5.95 Å². The lowest BCUT2D eigenvalue weighted by Crippen LogP contribution is -2.40. The van der Waals surface area contributed by atoms with Crippen LogP contribution in [0.3, 0.4) is 0 Å². The van der Waals surface area contributed by atoms with Crippen molar-refractivity contribution in [3.63, 3.8) is 0 Å². The Labute approximate surface area is 146 Å². The molecule has 1 saturated heterocycles. The molecular formula is C17H27N5O3. The van der Waals surface area contributed by atoms with Gasteiger partial charge in [-0.2, -0.15) is 4.98 Å². The van der Waals surface area contributed by atoms with Crippen molar-refractivity contribution in [2.75, 3.05) is 31.2 Å². The zero-order valence-corrected chi connectivity index (χ0v) is 15.4. The van der Waals surface area contributed by atoms with E-state index in [9.17, 15) is 9.59 Å². The standard InChI is InChI=1S/C17H27N5O3/c1-5-25-7-6-22-13-14(20(4)17(24)19-15(13)23)18-16(22)21-9-11(2)8-12(3)10-21/h11-12H,5-10H2,1-4H3,(H,19,23,24)/t11-,12-/m0/s1. The van der Waals surface area contributed by atoms with Gasteiger partial charge in [0, 0.05) is 33.3 Å². The van der Waals surface area contributed by atoms with Crippen LogP contribution in [0, 0.1) is 11.8 Å². The summed E-state index contributed by atoms with van der Waals surface area (Å²) < 4.78 is 8.78. The predicted molar refractivity (Wildman–Crippen MR) is 97.2 cm³/mol. The lowest BCUT2D eigenvalue weighted by Gasteiger charge is -2.35. The number of anilines is 1. The molecule has 8 nitrogen and oxygen atoms in total. The predicted octanol–water partition coefficient (Wildman–Crippen LogP) is 0.942. The van der Waals surface area contributed by atoms with E-state index in [0.717, 1.165) is 19.0 Å². The molecule has 25 heavy (non-hydrogen) atoms. The van der Waals surface area contributed by atoms with Crippen molar-refractivity contribution in [1.29, 1.82) is 0 Å². The second kappa shape index (κ2) is 7.03. The summed E-state index contributed by atoms with van der Waals surface area (Å²) in [6, 6.07) is 0. The van der Waals surface area contributed by atoms with E-state index >= 15 is 0 Å². The average Bonchev–Trinajstić information content (AvgIpc) is 2.92. The molecule has 0 aliphatic carbocycles. The molecular weight excluding hydrogens is 322 g/mol. The minimum atomic E-state index is -0.445. The number of imidazole rings is 1. The zero-order chi connectivity index (χ0) is 18.1. The summed E-state index contributed by atoms with van der Waals surface area (Å²) in [6.45, 7) is 9.85. The number of hydrogen-bond acceptors (Lipinski definition) is 5. The summed E-state index contributed by atoms with van der Waals surface area (Å²) in [5, 5.41) is 0. The van der Waals surface area contributed by atoms with Gasteiger partial charge in [-0.15, -0.1) is 0 Å². The largest absolute Gasteiger partial charge is 0.380 e. The number of aromatic amines is 1. The van der Waals surface area contributed by atoms with Gasteiger partial charge in [-0.05, 0) is 25.2 Å². The SMILES string of the molecule is CCOCCn1c(N2C[C@@H](C)C[C@H](C)C2)nc2c1c(=O)[nH]c(=O)n2C. The number of piperidine rings is 1. The lowest BCUT2D eigenvalue weighted by atomic mass is 9.92. The fourth-order valence-electron chi connectivity index (χ4n) is 3.80. The Hall–Kier alpha value is -2.09. The van der Waals surface area contributed by atoms with Crippen molar-refractivity contribution in [3.05, 3.63) is 20.8 Å². The van der Waals surface area contributed by atoms with Crippen LogP contribution in [0.25, 0.3) is 11.2 Å². The maximum Gasteiger partial charge on any atom is 0.329 e. The minimum Gasteiger partial charge on any atom is -0.380 e. The van der Waals surface area contributed by atoms with Crippen LogP contribution in [-0.2, 0) is 18.3 Å². The van der Waals surface area contributed by atoms with Crippen molar-refractivity contribution >= 4 is 17.1 Å². The van der Waals surface area contributed by atoms with Crippen molar-refractivity contribution < 1.29 is 4.74 Å². The number of aromatic nitrogens is 4. The zero-order valence-electron chi connectivity index (χ0n) is 15.4. The molecule has 2 aromatic rings. The van der Waals surface area contributed by atoms with E-state index in [1.807, 2.05) is 11.5 Å². The minimum absolute atomic E-state index is 0.397. The Morgan fingerprint density at radius 1 is 1.24 bits per heavy atom. The third-order valence-electron chi connectivity index (χ3n) is 4.80. The number of hydrogen-bond donors (Lipinski definition) is 1. The van der Waals surface area contributed by atoms with Gasteiger partial charge in [0.2, 0.25) is 5.95 Å². The van der Waals surface area contributed by atoms with Crippen LogP contribution < -0.4 is 16.1 Å². The van der Waals surface area contributed by atoms with Crippen molar-refractivity contribution in [2.45, 2.75) is 33.7 Å². The molecule has 0 unspecified atom stereocenters. The van der Waals surface area contributed by atoms with E-state index in [4.69, 9.17) is 4.74 Å². The fraction of sp³-hybridized carbons (Fsp3) is 0.706. The van der Waals surface area contributed by atoms with Crippen molar-refractivity contribution in [1.82, 2.24) is 19.1 Å². The summed E-state index contributed by atoms with van der Waals surface area (Å²) in [6.07, 6.45) is 1.19. The van der Waals surface area contributed by atoms with Crippen LogP contribution in [0.1, 0.15) is 27.2 Å². The van der Waals surface area contributed by atoms with E-state index in [0.29, 0.717) is 42.8 Å². The van der Waals surface area contributed by atoms with Crippen LogP contribution in [0.15, 0.2) is 9.59 Å². The number of nitrogens with one attached hydrogen (secondary N) is 1. The first-order valence-electron chi connectivity index (χ1n) is 8.94. The number of ether oxygens (including phenoxy) is 1. The molecule has 1 aliphatic heterocycles. The number of fused-ring (bicyclic) bond motifs is 1. The summed E-state index contributed by atoms with van der Waals surface area (Å²) >= 11 is 0. The van der Waals surface area contributed by atoms with E-state index in [1.54, 1.807) is 7.05 Å². The van der Waals surface area contributed by atoms with Gasteiger partial charge in [-0.1, -0.05) is 13.8 Å². The Morgan fingerprint density at radius 3 is 2.56 bits per heavy atom. The van der Waals surface area contributed by atoms with E-state index < -0.39 is 11.2 Å². The maximum absolute atomic E-state index is 12.4. The highest BCUT2D eigenvalue weighted by Gasteiger charge is 2.27. The monoisotopic (exact) mass is 349 g/mol. The third kappa shape index (κ3) is 3.35. The molecule has 2 aromatic heterocycles. The molecule has 0 spiro atoms. The highest BCUT2D eigenvalue weighted by molar-refractivity contribution is 5.74. The molecule has 1 fully saturated rings. The maximum atomic E-state index is 12.4. The number of rotatable bonds is 5. The average molecular weight is 349 g/mol. The molecule has 3 heterocycles. The second-order valence-corrected chi connectivity index (χ2v) is 7.10. The first kappa shape index (κ1) is 17.7. The molecule has 3 rings (SSSR count). The van der Waals surface area contributed by atoms with Gasteiger partial charge < -0.3 is 14.2 Å². The Kier molecular flexibility index (Phi) is 4.99.